The van der Waals surface area contributed by atoms with Gasteiger partial charge in [-0.3, -0.25) is 9.59 Å². The molecule has 0 N–H and O–H groups in total. The van der Waals surface area contributed by atoms with Crippen LogP contribution in [-0.4, -0.2) is 25.7 Å². The second kappa shape index (κ2) is 9.47. The van der Waals surface area contributed by atoms with E-state index in [-0.39, 0.29) is 23.2 Å². The number of hydrogen-bond acceptors (Lipinski definition) is 5. The fourth-order valence-electron chi connectivity index (χ4n) is 3.47. The van der Waals surface area contributed by atoms with E-state index in [0.717, 1.165) is 5.56 Å². The fourth-order valence-corrected chi connectivity index (χ4v) is 3.76. The zero-order valence-corrected chi connectivity index (χ0v) is 18.5. The lowest BCUT2D eigenvalue weighted by molar-refractivity contribution is -0.141. The molecule has 4 rings (SSSR count). The third-order valence-electron chi connectivity index (χ3n) is 5.04. The first kappa shape index (κ1) is 21.9. The molecule has 3 aromatic carbocycles. The molecule has 0 aliphatic carbocycles. The second-order valence-corrected chi connectivity index (χ2v) is 7.85. The average molecular weight is 469 g/mol. The first-order valence-corrected chi connectivity index (χ1v) is 10.5. The largest absolute Gasteiger partial charge is 0.468 e. The zero-order valence-electron chi connectivity index (χ0n) is 17.0. The lowest BCUT2D eigenvalue weighted by Gasteiger charge is -2.19. The Morgan fingerprint density at radius 2 is 1.69 bits per heavy atom. The summed E-state index contributed by atoms with van der Waals surface area (Å²) in [6.45, 7) is 0.0938. The van der Waals surface area contributed by atoms with Crippen LogP contribution in [0.5, 0.6) is 11.5 Å². The maximum Gasteiger partial charge on any atom is 0.317 e. The van der Waals surface area contributed by atoms with Gasteiger partial charge in [-0.15, -0.1) is 0 Å². The maximum absolute atomic E-state index is 13.6. The highest BCUT2D eigenvalue weighted by molar-refractivity contribution is 6.42. The van der Waals surface area contributed by atoms with Gasteiger partial charge in [0.25, 0.3) is 0 Å². The first-order chi connectivity index (χ1) is 15.5. The van der Waals surface area contributed by atoms with Crippen LogP contribution in [0.4, 0.5) is 0 Å². The van der Waals surface area contributed by atoms with Crippen molar-refractivity contribution in [3.63, 3.8) is 0 Å². The van der Waals surface area contributed by atoms with E-state index in [1.807, 2.05) is 30.3 Å². The monoisotopic (exact) mass is 468 g/mol. The summed E-state index contributed by atoms with van der Waals surface area (Å²) in [5.41, 5.74) is 1.82. The number of methoxy groups -OCH3 is 1. The van der Waals surface area contributed by atoms with Crippen LogP contribution < -0.4 is 9.47 Å². The van der Waals surface area contributed by atoms with Crippen molar-refractivity contribution in [3.8, 4) is 11.5 Å². The number of carbonyl (C=O) groups is 2. The highest BCUT2D eigenvalue weighted by Crippen LogP contribution is 2.38. The van der Waals surface area contributed by atoms with E-state index in [2.05, 4.69) is 0 Å². The van der Waals surface area contributed by atoms with Gasteiger partial charge in [0.15, 0.2) is 17.3 Å². The SMILES string of the molecule is COC(=O)C(/C(=C\c1ccccc1)C(=O)c1ccc(Cl)c(Cl)c1)c1ccc2c(c1)OCO2. The number of ketones is 1. The van der Waals surface area contributed by atoms with Gasteiger partial charge in [-0.05, 0) is 47.5 Å². The van der Waals surface area contributed by atoms with Crippen molar-refractivity contribution in [1.82, 2.24) is 0 Å². The summed E-state index contributed by atoms with van der Waals surface area (Å²) < 4.78 is 15.9. The molecule has 0 bridgehead atoms. The number of carbonyl (C=O) groups excluding carboxylic acids is 2. The molecule has 0 aromatic heterocycles. The summed E-state index contributed by atoms with van der Waals surface area (Å²) in [5.74, 6) is -0.893. The van der Waals surface area contributed by atoms with Crippen LogP contribution >= 0.6 is 23.2 Å². The summed E-state index contributed by atoms with van der Waals surface area (Å²) in [7, 11) is 1.28. The highest BCUT2D eigenvalue weighted by atomic mass is 35.5. The number of hydrogen-bond donors (Lipinski definition) is 0. The highest BCUT2D eigenvalue weighted by Gasteiger charge is 2.32. The van der Waals surface area contributed by atoms with Crippen molar-refractivity contribution < 1.29 is 23.8 Å². The van der Waals surface area contributed by atoms with E-state index in [4.69, 9.17) is 37.4 Å². The molecule has 1 unspecified atom stereocenters. The van der Waals surface area contributed by atoms with E-state index < -0.39 is 11.9 Å². The molecule has 1 aliphatic rings. The minimum Gasteiger partial charge on any atom is -0.468 e. The standard InChI is InChI=1S/C25H18Cl2O5/c1-30-25(29)23(16-8-10-21-22(13-16)32-14-31-21)18(11-15-5-3-2-4-6-15)24(28)17-7-9-19(26)20(27)12-17/h2-13,23H,14H2,1H3/b18-11+. The van der Waals surface area contributed by atoms with Crippen molar-refractivity contribution in [1.29, 1.82) is 0 Å². The molecule has 0 fully saturated rings. The van der Waals surface area contributed by atoms with Crippen LogP contribution in [0.15, 0.2) is 72.3 Å². The Morgan fingerprint density at radius 1 is 0.938 bits per heavy atom. The van der Waals surface area contributed by atoms with Crippen molar-refractivity contribution in [2.45, 2.75) is 5.92 Å². The van der Waals surface area contributed by atoms with E-state index in [1.165, 1.54) is 13.2 Å². The predicted molar refractivity (Wildman–Crippen MR) is 123 cm³/mol. The predicted octanol–water partition coefficient (Wildman–Crippen LogP) is 5.95. The van der Waals surface area contributed by atoms with Gasteiger partial charge in [0.05, 0.1) is 17.2 Å². The lowest BCUT2D eigenvalue weighted by atomic mass is 9.85. The Bertz CT molecular complexity index is 1200. The van der Waals surface area contributed by atoms with Crippen LogP contribution in [0.3, 0.4) is 0 Å². The molecule has 0 saturated heterocycles. The van der Waals surface area contributed by atoms with E-state index in [1.54, 1.807) is 36.4 Å². The van der Waals surface area contributed by atoms with E-state index in [9.17, 15) is 9.59 Å². The number of benzene rings is 3. The molecule has 0 amide bonds. The van der Waals surface area contributed by atoms with Crippen LogP contribution in [0.1, 0.15) is 27.4 Å². The maximum atomic E-state index is 13.6. The van der Waals surface area contributed by atoms with Gasteiger partial charge in [-0.25, -0.2) is 0 Å². The smallest absolute Gasteiger partial charge is 0.317 e. The number of ether oxygens (including phenoxy) is 3. The van der Waals surface area contributed by atoms with E-state index in [0.29, 0.717) is 27.6 Å². The molecule has 0 spiro atoms. The number of Topliss-reactive ketones (excluding diaryl/α,β-unsaturated/α-hetero) is 1. The molecule has 0 radical (unpaired) electrons. The normalized spacial score (nSPS) is 13.5. The number of esters is 1. The molecular formula is C25H18Cl2O5. The topological polar surface area (TPSA) is 61.8 Å². The zero-order chi connectivity index (χ0) is 22.7. The number of rotatable bonds is 6. The van der Waals surface area contributed by atoms with Gasteiger partial charge in [0, 0.05) is 11.1 Å². The molecule has 7 heteroatoms. The van der Waals surface area contributed by atoms with Crippen molar-refractivity contribution in [2.24, 2.45) is 0 Å². The third-order valence-corrected chi connectivity index (χ3v) is 5.78. The Morgan fingerprint density at radius 3 is 2.41 bits per heavy atom. The van der Waals surface area contributed by atoms with Crippen LogP contribution in [0.2, 0.25) is 10.0 Å². The van der Waals surface area contributed by atoms with Crippen LogP contribution in [0.25, 0.3) is 6.08 Å². The summed E-state index contributed by atoms with van der Waals surface area (Å²) in [5, 5.41) is 0.575. The van der Waals surface area contributed by atoms with Crippen LogP contribution in [-0.2, 0) is 9.53 Å². The van der Waals surface area contributed by atoms with Gasteiger partial charge in [-0.2, -0.15) is 0 Å². The summed E-state index contributed by atoms with van der Waals surface area (Å²) >= 11 is 12.2. The molecule has 32 heavy (non-hydrogen) atoms. The van der Waals surface area contributed by atoms with Gasteiger partial charge < -0.3 is 14.2 Å². The quantitative estimate of drug-likeness (QED) is 0.254. The van der Waals surface area contributed by atoms with Gasteiger partial charge in [0.2, 0.25) is 6.79 Å². The third kappa shape index (κ3) is 4.49. The molecule has 1 atom stereocenters. The minimum atomic E-state index is -1.00. The minimum absolute atomic E-state index is 0.0938. The molecule has 1 heterocycles. The van der Waals surface area contributed by atoms with Crippen molar-refractivity contribution in [3.05, 3.63) is 99.0 Å². The number of fused-ring (bicyclic) bond motifs is 1. The Balaban J connectivity index is 1.87. The van der Waals surface area contributed by atoms with Crippen molar-refractivity contribution in [2.75, 3.05) is 13.9 Å². The summed E-state index contributed by atoms with van der Waals surface area (Å²) in [4.78, 5) is 26.6. The molecule has 162 valence electrons. The molecule has 3 aromatic rings. The van der Waals surface area contributed by atoms with Gasteiger partial charge in [-0.1, -0.05) is 59.6 Å². The molecule has 1 aliphatic heterocycles. The molecule has 0 saturated carbocycles. The van der Waals surface area contributed by atoms with Gasteiger partial charge >= 0.3 is 5.97 Å². The Labute approximate surface area is 195 Å². The van der Waals surface area contributed by atoms with Crippen molar-refractivity contribution >= 4 is 41.0 Å². The average Bonchev–Trinajstić information content (AvgIpc) is 3.28. The molecule has 5 nitrogen and oxygen atoms in total. The van der Waals surface area contributed by atoms with E-state index >= 15 is 0 Å². The second-order valence-electron chi connectivity index (χ2n) is 7.04. The fraction of sp³-hybridized carbons (Fsp3) is 0.120. The Hall–Kier alpha value is -3.28. The number of halogens is 2. The first-order valence-electron chi connectivity index (χ1n) is 9.71. The lowest BCUT2D eigenvalue weighted by Crippen LogP contribution is -2.21. The Kier molecular flexibility index (Phi) is 6.49. The van der Waals surface area contributed by atoms with Crippen LogP contribution in [0, 0.1) is 0 Å². The molecular weight excluding hydrogens is 451 g/mol. The summed E-state index contributed by atoms with van der Waals surface area (Å²) in [6, 6.07) is 19.0. The summed E-state index contributed by atoms with van der Waals surface area (Å²) in [6.07, 6.45) is 1.68. The van der Waals surface area contributed by atoms with Gasteiger partial charge in [0.1, 0.15) is 5.92 Å².